The van der Waals surface area contributed by atoms with Crippen molar-refractivity contribution < 1.29 is 22.4 Å². The molecule has 0 radical (unpaired) electrons. The van der Waals surface area contributed by atoms with E-state index in [1.807, 2.05) is 0 Å². The fourth-order valence-electron chi connectivity index (χ4n) is 4.60. The molecule has 190 valence electrons. The molecule has 0 unspecified atom stereocenters. The lowest BCUT2D eigenvalue weighted by Crippen LogP contribution is -2.48. The van der Waals surface area contributed by atoms with Gasteiger partial charge in [0.1, 0.15) is 17.2 Å². The summed E-state index contributed by atoms with van der Waals surface area (Å²) < 4.78 is 55.2. The van der Waals surface area contributed by atoms with Gasteiger partial charge in [-0.3, -0.25) is 0 Å². The summed E-state index contributed by atoms with van der Waals surface area (Å²) in [6.07, 6.45) is -4.60. The Labute approximate surface area is 210 Å². The molecule has 1 aliphatic rings. The first kappa shape index (κ1) is 24.6. The molecule has 2 heterocycles. The van der Waals surface area contributed by atoms with Gasteiger partial charge in [0, 0.05) is 48.1 Å². The fraction of sp³-hybridized carbons (Fsp3) is 0.222. The second-order valence-electron chi connectivity index (χ2n) is 8.78. The van der Waals surface area contributed by atoms with Gasteiger partial charge in [-0.1, -0.05) is 24.3 Å². The van der Waals surface area contributed by atoms with Crippen LogP contribution in [0.25, 0.3) is 33.3 Å². The van der Waals surface area contributed by atoms with Gasteiger partial charge in [0.05, 0.1) is 11.3 Å². The number of fused-ring (bicyclic) bond motifs is 1. The van der Waals surface area contributed by atoms with Crippen LogP contribution >= 0.6 is 0 Å². The van der Waals surface area contributed by atoms with Gasteiger partial charge in [-0.2, -0.15) is 13.2 Å². The molecule has 1 fully saturated rings. The molecule has 0 aliphatic carbocycles. The van der Waals surface area contributed by atoms with E-state index in [0.29, 0.717) is 48.2 Å². The number of nitrogens with zero attached hydrogens (tertiary/aromatic N) is 3. The molecule has 1 saturated heterocycles. The van der Waals surface area contributed by atoms with Crippen molar-refractivity contribution in [2.24, 2.45) is 0 Å². The molecule has 3 aromatic carbocycles. The second-order valence-corrected chi connectivity index (χ2v) is 8.78. The van der Waals surface area contributed by atoms with E-state index in [-0.39, 0.29) is 22.5 Å². The van der Waals surface area contributed by atoms with Crippen LogP contribution in [0.4, 0.5) is 28.0 Å². The summed E-state index contributed by atoms with van der Waals surface area (Å²) in [6, 6.07) is 14.6. The highest BCUT2D eigenvalue weighted by molar-refractivity contribution is 6.05. The lowest BCUT2D eigenvalue weighted by Gasteiger charge is -2.28. The number of amides is 2. The Balaban J connectivity index is 1.69. The minimum absolute atomic E-state index is 0.0698. The fourth-order valence-corrected chi connectivity index (χ4v) is 4.60. The number of aromatic nitrogens is 2. The van der Waals surface area contributed by atoms with Crippen LogP contribution in [-0.4, -0.2) is 47.3 Å². The Hall–Kier alpha value is -4.05. The molecule has 6 nitrogen and oxygen atoms in total. The number of alkyl halides is 3. The molecule has 0 spiro atoms. The van der Waals surface area contributed by atoms with Gasteiger partial charge in [-0.05, 0) is 48.9 Å². The van der Waals surface area contributed by atoms with Crippen molar-refractivity contribution in [3.63, 3.8) is 0 Å². The normalized spacial score (nSPS) is 14.1. The molecule has 5 rings (SSSR count). The smallest absolute Gasteiger partial charge is 0.322 e. The van der Waals surface area contributed by atoms with Gasteiger partial charge in [-0.15, -0.1) is 10.2 Å². The van der Waals surface area contributed by atoms with Gasteiger partial charge in [0.2, 0.25) is 0 Å². The van der Waals surface area contributed by atoms with Gasteiger partial charge >= 0.3 is 12.2 Å². The van der Waals surface area contributed by atoms with E-state index in [0.717, 1.165) is 6.07 Å². The SMILES string of the molecule is Cc1c(C(F)(F)F)ccc(NC(=O)N2CCNCC2)c1-c1nnc(-c2ccc(F)cc2)c2ccccc12. The number of carbonyl (C=O) groups excluding carboxylic acids is 1. The molecule has 0 saturated carbocycles. The van der Waals surface area contributed by atoms with E-state index < -0.39 is 23.6 Å². The lowest BCUT2D eigenvalue weighted by molar-refractivity contribution is -0.138. The number of hydrogen-bond acceptors (Lipinski definition) is 4. The number of rotatable bonds is 3. The topological polar surface area (TPSA) is 70.2 Å². The van der Waals surface area contributed by atoms with Gasteiger partial charge in [0.15, 0.2) is 0 Å². The summed E-state index contributed by atoms with van der Waals surface area (Å²) in [7, 11) is 0. The van der Waals surface area contributed by atoms with Crippen molar-refractivity contribution in [2.45, 2.75) is 13.1 Å². The third-order valence-corrected chi connectivity index (χ3v) is 6.46. The minimum atomic E-state index is -4.60. The van der Waals surface area contributed by atoms with E-state index in [4.69, 9.17) is 0 Å². The summed E-state index contributed by atoms with van der Waals surface area (Å²) in [6.45, 7) is 3.59. The van der Waals surface area contributed by atoms with Crippen LogP contribution < -0.4 is 10.6 Å². The Bertz CT molecular complexity index is 1460. The average Bonchev–Trinajstić information content (AvgIpc) is 2.89. The Morgan fingerprint density at radius 2 is 1.54 bits per heavy atom. The molecule has 10 heteroatoms. The molecule has 4 aromatic rings. The van der Waals surface area contributed by atoms with Gasteiger partial charge in [-0.25, -0.2) is 9.18 Å². The van der Waals surface area contributed by atoms with E-state index in [9.17, 15) is 22.4 Å². The van der Waals surface area contributed by atoms with Crippen molar-refractivity contribution in [2.75, 3.05) is 31.5 Å². The Kier molecular flexibility index (Phi) is 6.51. The van der Waals surface area contributed by atoms with Crippen LogP contribution in [0.2, 0.25) is 0 Å². The number of piperazine rings is 1. The largest absolute Gasteiger partial charge is 0.416 e. The number of hydrogen-bond donors (Lipinski definition) is 2. The predicted octanol–water partition coefficient (Wildman–Crippen LogP) is 5.87. The van der Waals surface area contributed by atoms with Crippen molar-refractivity contribution in [1.29, 1.82) is 0 Å². The number of anilines is 1. The van der Waals surface area contributed by atoms with Crippen molar-refractivity contribution in [3.05, 3.63) is 77.6 Å². The van der Waals surface area contributed by atoms with E-state index in [2.05, 4.69) is 20.8 Å². The molecular weight excluding hydrogens is 486 g/mol. The van der Waals surface area contributed by atoms with E-state index >= 15 is 0 Å². The standard InChI is InChI=1S/C27H23F4N5O/c1-16-21(27(29,30)31)10-11-22(33-26(37)36-14-12-32-13-15-36)23(16)25-20-5-3-2-4-19(20)24(34-35-25)17-6-8-18(28)9-7-17/h2-11,32H,12-15H2,1H3,(H,33,37). The van der Waals surface area contributed by atoms with Crippen molar-refractivity contribution in [3.8, 4) is 22.5 Å². The van der Waals surface area contributed by atoms with Crippen LogP contribution in [0.3, 0.4) is 0 Å². The van der Waals surface area contributed by atoms with Crippen LogP contribution in [-0.2, 0) is 6.18 Å². The highest BCUT2D eigenvalue weighted by atomic mass is 19.4. The molecule has 0 bridgehead atoms. The second kappa shape index (κ2) is 9.78. The molecule has 1 aliphatic heterocycles. The van der Waals surface area contributed by atoms with Crippen LogP contribution in [0, 0.1) is 12.7 Å². The summed E-state index contributed by atoms with van der Waals surface area (Å²) in [5, 5.41) is 15.8. The number of nitrogens with one attached hydrogen (secondary N) is 2. The minimum Gasteiger partial charge on any atom is -0.322 e. The third-order valence-electron chi connectivity index (χ3n) is 6.46. The zero-order valence-corrected chi connectivity index (χ0v) is 19.9. The maximum atomic E-state index is 13.9. The first-order valence-electron chi connectivity index (χ1n) is 11.7. The quantitative estimate of drug-likeness (QED) is 0.339. The highest BCUT2D eigenvalue weighted by Gasteiger charge is 2.35. The van der Waals surface area contributed by atoms with E-state index in [1.165, 1.54) is 25.1 Å². The van der Waals surface area contributed by atoms with Crippen LogP contribution in [0.15, 0.2) is 60.7 Å². The van der Waals surface area contributed by atoms with E-state index in [1.54, 1.807) is 41.3 Å². The third kappa shape index (κ3) is 4.84. The average molecular weight is 510 g/mol. The molecule has 0 atom stereocenters. The summed E-state index contributed by atoms with van der Waals surface area (Å²) in [4.78, 5) is 14.6. The van der Waals surface area contributed by atoms with Gasteiger partial charge in [0.25, 0.3) is 0 Å². The Morgan fingerprint density at radius 3 is 2.19 bits per heavy atom. The molecule has 37 heavy (non-hydrogen) atoms. The summed E-state index contributed by atoms with van der Waals surface area (Å²) in [5.74, 6) is -0.401. The first-order chi connectivity index (χ1) is 17.7. The molecule has 1 aromatic heterocycles. The summed E-state index contributed by atoms with van der Waals surface area (Å²) in [5.41, 5.74) is 0.757. The zero-order valence-electron chi connectivity index (χ0n) is 19.9. The van der Waals surface area contributed by atoms with Crippen LogP contribution in [0.5, 0.6) is 0 Å². The lowest BCUT2D eigenvalue weighted by atomic mass is 9.93. The number of urea groups is 1. The predicted molar refractivity (Wildman–Crippen MR) is 134 cm³/mol. The van der Waals surface area contributed by atoms with Crippen LogP contribution in [0.1, 0.15) is 11.1 Å². The zero-order chi connectivity index (χ0) is 26.2. The molecular formula is C27H23F4N5O. The maximum absolute atomic E-state index is 13.9. The Morgan fingerprint density at radius 1 is 0.919 bits per heavy atom. The number of carbonyl (C=O) groups is 1. The maximum Gasteiger partial charge on any atom is 0.416 e. The van der Waals surface area contributed by atoms with Crippen molar-refractivity contribution >= 4 is 22.5 Å². The number of benzene rings is 3. The number of halogens is 4. The first-order valence-corrected chi connectivity index (χ1v) is 11.7. The monoisotopic (exact) mass is 509 g/mol. The van der Waals surface area contributed by atoms with Crippen molar-refractivity contribution in [1.82, 2.24) is 20.4 Å². The highest BCUT2D eigenvalue weighted by Crippen LogP contribution is 2.42. The van der Waals surface area contributed by atoms with Gasteiger partial charge < -0.3 is 15.5 Å². The molecule has 2 N–H and O–H groups in total. The molecule has 2 amide bonds. The summed E-state index contributed by atoms with van der Waals surface area (Å²) >= 11 is 0.